The van der Waals surface area contributed by atoms with E-state index in [-0.39, 0.29) is 0 Å². The molecule has 1 aliphatic rings. The van der Waals surface area contributed by atoms with Gasteiger partial charge in [-0.05, 0) is 24.3 Å². The predicted molar refractivity (Wildman–Crippen MR) is 64.5 cm³/mol. The highest BCUT2D eigenvalue weighted by Crippen LogP contribution is 2.22. The van der Waals surface area contributed by atoms with Crippen LogP contribution in [0.5, 0.6) is 0 Å². The van der Waals surface area contributed by atoms with Crippen molar-refractivity contribution in [1.29, 1.82) is 0 Å². The maximum Gasteiger partial charge on any atom is 0.168 e. The van der Waals surface area contributed by atoms with Crippen LogP contribution in [-0.2, 0) is 13.1 Å². The molecule has 5 heteroatoms. The summed E-state index contributed by atoms with van der Waals surface area (Å²) in [5, 5.41) is 8.28. The van der Waals surface area contributed by atoms with Gasteiger partial charge in [-0.15, -0.1) is 0 Å². The highest BCUT2D eigenvalue weighted by molar-refractivity contribution is 6.30. The minimum Gasteiger partial charge on any atom is -0.307 e. The zero-order chi connectivity index (χ0) is 11.8. The van der Waals surface area contributed by atoms with Crippen LogP contribution in [0, 0.1) is 0 Å². The molecule has 0 fully saturated rings. The van der Waals surface area contributed by atoms with Crippen LogP contribution in [0.4, 0.5) is 0 Å². The van der Waals surface area contributed by atoms with E-state index >= 15 is 0 Å². The van der Waals surface area contributed by atoms with Gasteiger partial charge in [0.25, 0.3) is 0 Å². The van der Waals surface area contributed by atoms with Gasteiger partial charge in [0, 0.05) is 23.7 Å². The molecular weight excluding hydrogens is 238 g/mol. The minimum atomic E-state index is 0.618. The second-order valence-electron chi connectivity index (χ2n) is 3.92. The fourth-order valence-electron chi connectivity index (χ4n) is 2.05. The van der Waals surface area contributed by atoms with Gasteiger partial charge in [-0.1, -0.05) is 11.6 Å². The maximum absolute atomic E-state index is 11.2. The molecule has 1 aliphatic heterocycles. The van der Waals surface area contributed by atoms with Gasteiger partial charge in [0.15, 0.2) is 6.29 Å². The largest absolute Gasteiger partial charge is 0.307 e. The Hall–Kier alpha value is -1.65. The van der Waals surface area contributed by atoms with E-state index in [1.807, 2.05) is 12.1 Å². The van der Waals surface area contributed by atoms with E-state index < -0.39 is 0 Å². The van der Waals surface area contributed by atoms with E-state index in [0.717, 1.165) is 29.8 Å². The van der Waals surface area contributed by atoms with Gasteiger partial charge >= 0.3 is 0 Å². The molecule has 0 aliphatic carbocycles. The molecule has 0 spiro atoms. The number of rotatable bonds is 2. The summed E-state index contributed by atoms with van der Waals surface area (Å²) < 4.78 is 1.68. The smallest absolute Gasteiger partial charge is 0.168 e. The van der Waals surface area contributed by atoms with Crippen LogP contribution in [0.3, 0.4) is 0 Å². The summed E-state index contributed by atoms with van der Waals surface area (Å²) in [6, 6.07) is 7.28. The molecule has 17 heavy (non-hydrogen) atoms. The number of halogens is 1. The Morgan fingerprint density at radius 2 is 2.06 bits per heavy atom. The number of nitrogens with one attached hydrogen (secondary N) is 1. The molecule has 3 rings (SSSR count). The highest BCUT2D eigenvalue weighted by atomic mass is 35.5. The number of carbonyl (C=O) groups is 1. The molecule has 0 atom stereocenters. The molecule has 1 aromatic heterocycles. The standard InChI is InChI=1S/C12H10ClN3O/c13-8-1-3-9(4-2-8)16-12(7-17)10-5-14-6-11(10)15-16/h1-4,7,14H,5-6H2. The topological polar surface area (TPSA) is 46.9 Å². The lowest BCUT2D eigenvalue weighted by Crippen LogP contribution is -2.09. The van der Waals surface area contributed by atoms with E-state index in [2.05, 4.69) is 10.4 Å². The van der Waals surface area contributed by atoms with Crippen LogP contribution in [0.25, 0.3) is 5.69 Å². The van der Waals surface area contributed by atoms with E-state index in [9.17, 15) is 4.79 Å². The van der Waals surface area contributed by atoms with Crippen LogP contribution < -0.4 is 5.32 Å². The first-order valence-electron chi connectivity index (χ1n) is 5.32. The summed E-state index contributed by atoms with van der Waals surface area (Å²) >= 11 is 5.84. The van der Waals surface area contributed by atoms with Gasteiger partial charge in [0.05, 0.1) is 11.4 Å². The molecule has 86 valence electrons. The molecule has 0 radical (unpaired) electrons. The summed E-state index contributed by atoms with van der Waals surface area (Å²) in [6.07, 6.45) is 0.855. The van der Waals surface area contributed by atoms with Crippen molar-refractivity contribution >= 4 is 17.9 Å². The molecule has 2 aromatic rings. The average Bonchev–Trinajstić information content (AvgIpc) is 2.89. The van der Waals surface area contributed by atoms with Gasteiger partial charge in [0.2, 0.25) is 0 Å². The molecule has 0 saturated carbocycles. The molecule has 2 heterocycles. The Labute approximate surface area is 103 Å². The fraction of sp³-hybridized carbons (Fsp3) is 0.167. The number of carbonyl (C=O) groups excluding carboxylic acids is 1. The van der Waals surface area contributed by atoms with Crippen molar-refractivity contribution in [2.45, 2.75) is 13.1 Å². The Morgan fingerprint density at radius 1 is 1.29 bits per heavy atom. The molecule has 4 nitrogen and oxygen atoms in total. The molecule has 0 unspecified atom stereocenters. The first-order valence-corrected chi connectivity index (χ1v) is 5.70. The zero-order valence-corrected chi connectivity index (χ0v) is 9.74. The molecule has 0 bridgehead atoms. The van der Waals surface area contributed by atoms with Gasteiger partial charge in [0.1, 0.15) is 5.69 Å². The maximum atomic E-state index is 11.2. The fourth-order valence-corrected chi connectivity index (χ4v) is 2.18. The predicted octanol–water partition coefficient (Wildman–Crippen LogP) is 1.94. The summed E-state index contributed by atoms with van der Waals surface area (Å²) in [5.41, 5.74) is 3.41. The van der Waals surface area contributed by atoms with Gasteiger partial charge < -0.3 is 5.32 Å². The number of nitrogens with zero attached hydrogens (tertiary/aromatic N) is 2. The first-order chi connectivity index (χ1) is 8.29. The lowest BCUT2D eigenvalue weighted by atomic mass is 10.2. The van der Waals surface area contributed by atoms with E-state index in [4.69, 9.17) is 11.6 Å². The normalized spacial score (nSPS) is 13.7. The van der Waals surface area contributed by atoms with Crippen LogP contribution >= 0.6 is 11.6 Å². The van der Waals surface area contributed by atoms with Crippen molar-refractivity contribution in [1.82, 2.24) is 15.1 Å². The van der Waals surface area contributed by atoms with Gasteiger partial charge in [-0.3, -0.25) is 4.79 Å². The SMILES string of the molecule is O=Cc1c2c(nn1-c1ccc(Cl)cc1)CNC2. The minimum absolute atomic E-state index is 0.618. The molecule has 0 saturated heterocycles. The first kappa shape index (κ1) is 10.5. The third-order valence-corrected chi connectivity index (χ3v) is 3.14. The third-order valence-electron chi connectivity index (χ3n) is 2.88. The number of fused-ring (bicyclic) bond motifs is 1. The second kappa shape index (κ2) is 3.98. The van der Waals surface area contributed by atoms with Crippen LogP contribution in [0.2, 0.25) is 5.02 Å². The summed E-state index contributed by atoms with van der Waals surface area (Å²) in [4.78, 5) is 11.2. The third kappa shape index (κ3) is 1.66. The van der Waals surface area contributed by atoms with Crippen molar-refractivity contribution in [2.24, 2.45) is 0 Å². The zero-order valence-electron chi connectivity index (χ0n) is 8.98. The number of benzene rings is 1. The Kier molecular flexibility index (Phi) is 2.46. The average molecular weight is 248 g/mol. The van der Waals surface area contributed by atoms with Crippen LogP contribution in [-0.4, -0.2) is 16.1 Å². The van der Waals surface area contributed by atoms with E-state index in [1.54, 1.807) is 16.8 Å². The molecule has 1 N–H and O–H groups in total. The quantitative estimate of drug-likeness (QED) is 0.825. The number of hydrogen-bond donors (Lipinski definition) is 1. The Bertz CT molecular complexity index is 574. The second-order valence-corrected chi connectivity index (χ2v) is 4.36. The summed E-state index contributed by atoms with van der Waals surface area (Å²) in [6.45, 7) is 1.42. The molecular formula is C12H10ClN3O. The van der Waals surface area contributed by atoms with Crippen molar-refractivity contribution < 1.29 is 4.79 Å². The summed E-state index contributed by atoms with van der Waals surface area (Å²) in [5.74, 6) is 0. The van der Waals surface area contributed by atoms with Gasteiger partial charge in [-0.25, -0.2) is 4.68 Å². The molecule has 0 amide bonds. The van der Waals surface area contributed by atoms with Crippen molar-refractivity contribution in [3.63, 3.8) is 0 Å². The number of hydrogen-bond acceptors (Lipinski definition) is 3. The van der Waals surface area contributed by atoms with Crippen molar-refractivity contribution in [2.75, 3.05) is 0 Å². The summed E-state index contributed by atoms with van der Waals surface area (Å²) in [7, 11) is 0. The number of aromatic nitrogens is 2. The lowest BCUT2D eigenvalue weighted by molar-refractivity contribution is 0.111. The van der Waals surface area contributed by atoms with Crippen molar-refractivity contribution in [3.8, 4) is 5.69 Å². The van der Waals surface area contributed by atoms with Crippen LogP contribution in [0.1, 0.15) is 21.7 Å². The highest BCUT2D eigenvalue weighted by Gasteiger charge is 2.21. The Balaban J connectivity index is 2.15. The monoisotopic (exact) mass is 247 g/mol. The lowest BCUT2D eigenvalue weighted by Gasteiger charge is -2.04. The molecule has 1 aromatic carbocycles. The van der Waals surface area contributed by atoms with E-state index in [1.165, 1.54) is 0 Å². The van der Waals surface area contributed by atoms with Crippen LogP contribution in [0.15, 0.2) is 24.3 Å². The number of aldehydes is 1. The van der Waals surface area contributed by atoms with Gasteiger partial charge in [-0.2, -0.15) is 5.10 Å². The van der Waals surface area contributed by atoms with E-state index in [0.29, 0.717) is 17.3 Å². The van der Waals surface area contributed by atoms with Crippen molar-refractivity contribution in [3.05, 3.63) is 46.2 Å². The Morgan fingerprint density at radius 3 is 2.76 bits per heavy atom.